The first-order valence-corrected chi connectivity index (χ1v) is 17.2. The van der Waals surface area contributed by atoms with Gasteiger partial charge in [-0.15, -0.1) is 0 Å². The van der Waals surface area contributed by atoms with Gasteiger partial charge in [0.25, 0.3) is 10.0 Å². The molecule has 0 fully saturated rings. The summed E-state index contributed by atoms with van der Waals surface area (Å²) in [5.74, 6) is -1.24. The van der Waals surface area contributed by atoms with E-state index >= 15 is 0 Å². The second kappa shape index (κ2) is 16.1. The fraction of sp³-hybridized carbons (Fsp3) is 0.257. The van der Waals surface area contributed by atoms with Crippen molar-refractivity contribution in [2.75, 3.05) is 17.5 Å². The Kier molecular flexibility index (Phi) is 12.3. The third-order valence-electron chi connectivity index (χ3n) is 7.21. The first-order chi connectivity index (χ1) is 22.4. The zero-order valence-corrected chi connectivity index (χ0v) is 28.5. The monoisotopic (exact) mass is 699 g/mol. The first kappa shape index (κ1) is 35.7. The topological polar surface area (TPSA) is 96.0 Å². The highest BCUT2D eigenvalue weighted by atomic mass is 35.5. The van der Waals surface area contributed by atoms with Crippen LogP contribution in [-0.4, -0.2) is 50.4 Å². The van der Waals surface area contributed by atoms with Gasteiger partial charge in [-0.1, -0.05) is 59.6 Å². The molecule has 12 heteroatoms. The van der Waals surface area contributed by atoms with Gasteiger partial charge < -0.3 is 15.0 Å². The number of nitrogens with zero attached hydrogens (tertiary/aromatic N) is 2. The van der Waals surface area contributed by atoms with E-state index < -0.39 is 40.2 Å². The number of anilines is 1. The van der Waals surface area contributed by atoms with E-state index in [1.165, 1.54) is 17.0 Å². The number of carbonyl (C=O) groups excluding carboxylic acids is 2. The van der Waals surface area contributed by atoms with Crippen LogP contribution in [0.15, 0.2) is 102 Å². The third kappa shape index (κ3) is 9.24. The summed E-state index contributed by atoms with van der Waals surface area (Å²) in [5, 5.41) is 3.45. The molecule has 0 aliphatic heterocycles. The predicted molar refractivity (Wildman–Crippen MR) is 183 cm³/mol. The number of ether oxygens (including phenoxy) is 1. The lowest BCUT2D eigenvalue weighted by Crippen LogP contribution is -2.54. The Balaban J connectivity index is 1.84. The van der Waals surface area contributed by atoms with Crippen LogP contribution in [0.5, 0.6) is 5.75 Å². The average molecular weight is 701 g/mol. The van der Waals surface area contributed by atoms with Crippen molar-refractivity contribution in [2.45, 2.75) is 50.7 Å². The van der Waals surface area contributed by atoms with E-state index in [0.717, 1.165) is 34.1 Å². The van der Waals surface area contributed by atoms with Gasteiger partial charge in [0.2, 0.25) is 11.8 Å². The van der Waals surface area contributed by atoms with Crippen LogP contribution in [0, 0.1) is 5.82 Å². The number of hydrogen-bond donors (Lipinski definition) is 1. The van der Waals surface area contributed by atoms with Crippen LogP contribution in [0.3, 0.4) is 0 Å². The molecule has 0 spiro atoms. The fourth-order valence-electron chi connectivity index (χ4n) is 4.93. The second-order valence-electron chi connectivity index (χ2n) is 11.0. The SMILES string of the molecule is CCOc1ccc(N(CC(=O)N(Cc2c(Cl)cccc2Cl)C(Cc2ccccc2)C(=O)NC(C)C)S(=O)(=O)c2ccc(F)cc2)cc1. The molecule has 0 aromatic heterocycles. The van der Waals surface area contributed by atoms with Crippen LogP contribution in [0.2, 0.25) is 10.0 Å². The molecule has 4 aromatic rings. The van der Waals surface area contributed by atoms with Crippen molar-refractivity contribution < 1.29 is 27.1 Å². The lowest BCUT2D eigenvalue weighted by atomic mass is 10.0. The van der Waals surface area contributed by atoms with Gasteiger partial charge in [0, 0.05) is 34.6 Å². The van der Waals surface area contributed by atoms with Crippen LogP contribution in [-0.2, 0) is 32.6 Å². The predicted octanol–water partition coefficient (Wildman–Crippen LogP) is 6.89. The molecule has 1 unspecified atom stereocenters. The standard InChI is InChI=1S/C35H36Cl2FN3O5S/c1-4-46-28-17-15-27(16-18-28)41(47(44,45)29-19-13-26(38)14-20-29)23-34(42)40(22-30-31(36)11-8-12-32(30)37)33(35(43)39-24(2)3)21-25-9-6-5-7-10-25/h5-20,24,33H,4,21-23H2,1-3H3,(H,39,43). The number of hydrogen-bond acceptors (Lipinski definition) is 5. The quantitative estimate of drug-likeness (QED) is 0.155. The minimum Gasteiger partial charge on any atom is -0.494 e. The number of benzene rings is 4. The minimum absolute atomic E-state index is 0.126. The molecule has 1 N–H and O–H groups in total. The molecule has 4 aromatic carbocycles. The molecule has 2 amide bonds. The summed E-state index contributed by atoms with van der Waals surface area (Å²) in [6.07, 6.45) is 0.126. The number of sulfonamides is 1. The number of carbonyl (C=O) groups is 2. The van der Waals surface area contributed by atoms with Crippen molar-refractivity contribution in [3.05, 3.63) is 124 Å². The summed E-state index contributed by atoms with van der Waals surface area (Å²) in [4.78, 5) is 29.4. The largest absolute Gasteiger partial charge is 0.494 e. The molecule has 0 aliphatic rings. The molecule has 248 valence electrons. The maximum absolute atomic E-state index is 14.5. The maximum Gasteiger partial charge on any atom is 0.264 e. The Morgan fingerprint density at radius 1 is 0.872 bits per heavy atom. The van der Waals surface area contributed by atoms with Crippen molar-refractivity contribution in [3.63, 3.8) is 0 Å². The lowest BCUT2D eigenvalue weighted by Gasteiger charge is -2.34. The number of rotatable bonds is 14. The number of halogens is 3. The van der Waals surface area contributed by atoms with E-state index in [1.54, 1.807) is 44.2 Å². The van der Waals surface area contributed by atoms with Gasteiger partial charge in [0.1, 0.15) is 24.2 Å². The van der Waals surface area contributed by atoms with E-state index in [-0.39, 0.29) is 39.6 Å². The zero-order valence-electron chi connectivity index (χ0n) is 26.2. The maximum atomic E-state index is 14.5. The van der Waals surface area contributed by atoms with Gasteiger partial charge in [-0.25, -0.2) is 12.8 Å². The zero-order chi connectivity index (χ0) is 34.1. The average Bonchev–Trinajstić information content (AvgIpc) is 3.03. The Morgan fingerprint density at radius 3 is 2.06 bits per heavy atom. The molecule has 0 heterocycles. The molecular weight excluding hydrogens is 664 g/mol. The van der Waals surface area contributed by atoms with Crippen molar-refractivity contribution in [2.24, 2.45) is 0 Å². The van der Waals surface area contributed by atoms with E-state index in [2.05, 4.69) is 5.32 Å². The van der Waals surface area contributed by atoms with Gasteiger partial charge in [-0.2, -0.15) is 0 Å². The Hall–Kier alpha value is -4.12. The molecule has 1 atom stereocenters. The van der Waals surface area contributed by atoms with Gasteiger partial charge in [-0.3, -0.25) is 13.9 Å². The molecule has 8 nitrogen and oxygen atoms in total. The van der Waals surface area contributed by atoms with Gasteiger partial charge in [-0.05, 0) is 87.0 Å². The molecule has 47 heavy (non-hydrogen) atoms. The highest BCUT2D eigenvalue weighted by Crippen LogP contribution is 2.30. The summed E-state index contributed by atoms with van der Waals surface area (Å²) in [6, 6.07) is 23.3. The Morgan fingerprint density at radius 2 is 1.49 bits per heavy atom. The number of amides is 2. The molecule has 0 aliphatic carbocycles. The van der Waals surface area contributed by atoms with Crippen molar-refractivity contribution in [1.82, 2.24) is 10.2 Å². The van der Waals surface area contributed by atoms with Gasteiger partial charge in [0.15, 0.2) is 0 Å². The van der Waals surface area contributed by atoms with Crippen LogP contribution in [0.1, 0.15) is 31.9 Å². The molecule has 0 bridgehead atoms. The van der Waals surface area contributed by atoms with Crippen LogP contribution in [0.25, 0.3) is 0 Å². The van der Waals surface area contributed by atoms with Crippen molar-refractivity contribution in [3.8, 4) is 5.75 Å². The smallest absolute Gasteiger partial charge is 0.264 e. The van der Waals surface area contributed by atoms with Crippen molar-refractivity contribution >= 4 is 50.7 Å². The summed E-state index contributed by atoms with van der Waals surface area (Å²) >= 11 is 13.1. The fourth-order valence-corrected chi connectivity index (χ4v) is 6.86. The summed E-state index contributed by atoms with van der Waals surface area (Å²) in [5.41, 5.74) is 1.34. The molecular formula is C35H36Cl2FN3O5S. The van der Waals surface area contributed by atoms with Crippen LogP contribution < -0.4 is 14.4 Å². The van der Waals surface area contributed by atoms with Crippen LogP contribution in [0.4, 0.5) is 10.1 Å². The highest BCUT2D eigenvalue weighted by Gasteiger charge is 2.35. The van der Waals surface area contributed by atoms with E-state index in [0.29, 0.717) is 17.9 Å². The van der Waals surface area contributed by atoms with Gasteiger partial charge >= 0.3 is 0 Å². The van der Waals surface area contributed by atoms with Crippen LogP contribution >= 0.6 is 23.2 Å². The van der Waals surface area contributed by atoms with Gasteiger partial charge in [0.05, 0.1) is 17.2 Å². The summed E-state index contributed by atoms with van der Waals surface area (Å²) < 4.78 is 48.4. The second-order valence-corrected chi connectivity index (χ2v) is 13.7. The van der Waals surface area contributed by atoms with E-state index in [9.17, 15) is 22.4 Å². The number of nitrogens with one attached hydrogen (secondary N) is 1. The van der Waals surface area contributed by atoms with E-state index in [4.69, 9.17) is 27.9 Å². The summed E-state index contributed by atoms with van der Waals surface area (Å²) in [6.45, 7) is 4.94. The molecule has 4 rings (SSSR count). The Bertz CT molecular complexity index is 1750. The van der Waals surface area contributed by atoms with Crippen molar-refractivity contribution in [1.29, 1.82) is 0 Å². The highest BCUT2D eigenvalue weighted by molar-refractivity contribution is 7.92. The summed E-state index contributed by atoms with van der Waals surface area (Å²) in [7, 11) is -4.41. The minimum atomic E-state index is -4.41. The molecule has 0 saturated heterocycles. The first-order valence-electron chi connectivity index (χ1n) is 15.0. The lowest BCUT2D eigenvalue weighted by molar-refractivity contribution is -0.140. The Labute approximate surface area is 285 Å². The molecule has 0 radical (unpaired) electrons. The molecule has 0 saturated carbocycles. The third-order valence-corrected chi connectivity index (χ3v) is 9.70. The van der Waals surface area contributed by atoms with E-state index in [1.807, 2.05) is 37.3 Å². The normalized spacial score (nSPS) is 12.0.